The molecule has 2 rings (SSSR count). The Morgan fingerprint density at radius 1 is 0.618 bits per heavy atom. The van der Waals surface area contributed by atoms with Crippen molar-refractivity contribution in [3.8, 4) is 0 Å². The van der Waals surface area contributed by atoms with Gasteiger partial charge in [-0.25, -0.2) is 8.42 Å². The number of sulfone groups is 1. The molecule has 2 fully saturated rings. The summed E-state index contributed by atoms with van der Waals surface area (Å²) in [4.78, 5) is 50.4. The number of hydrogen-bond acceptors (Lipinski definition) is 6. The number of carboxylic acid groups (broad SMARTS) is 2. The smallest absolute Gasteiger partial charge is 0.321 e. The molecule has 0 aromatic heterocycles. The van der Waals surface area contributed by atoms with Gasteiger partial charge in [0.05, 0.1) is 11.5 Å². The van der Waals surface area contributed by atoms with E-state index in [0.717, 1.165) is 51.4 Å². The summed E-state index contributed by atoms with van der Waals surface area (Å²) in [5.41, 5.74) is -1.78. The Morgan fingerprint density at radius 3 is 1.35 bits per heavy atom. The van der Waals surface area contributed by atoms with Crippen molar-refractivity contribution < 1.29 is 37.8 Å². The zero-order valence-corrected chi connectivity index (χ0v) is 20.7. The van der Waals surface area contributed by atoms with E-state index in [1.165, 1.54) is 0 Å². The van der Waals surface area contributed by atoms with E-state index in [9.17, 15) is 37.8 Å². The number of carbonyl (C=O) groups excluding carboxylic acids is 2. The number of amides is 2. The second-order valence-electron chi connectivity index (χ2n) is 9.43. The predicted octanol–water partition coefficient (Wildman–Crippen LogP) is 1.92. The van der Waals surface area contributed by atoms with Gasteiger partial charge in [0.25, 0.3) is 0 Å². The number of rotatable bonds is 13. The summed E-state index contributed by atoms with van der Waals surface area (Å²) in [5.74, 6) is -2.53. The van der Waals surface area contributed by atoms with Crippen molar-refractivity contribution in [3.63, 3.8) is 0 Å². The highest BCUT2D eigenvalue weighted by atomic mass is 32.2. The fourth-order valence-corrected chi connectivity index (χ4v) is 5.75. The molecule has 0 saturated carbocycles. The maximum atomic E-state index is 12.3. The van der Waals surface area contributed by atoms with Crippen LogP contribution in [0.25, 0.3) is 0 Å². The van der Waals surface area contributed by atoms with Crippen LogP contribution >= 0.6 is 0 Å². The Kier molecular flexibility index (Phi) is 10.8. The molecule has 0 spiro atoms. The topological polar surface area (TPSA) is 149 Å². The average Bonchev–Trinajstić information content (AvgIpc) is 2.79. The lowest BCUT2D eigenvalue weighted by Crippen LogP contribution is -2.50. The standard InChI is InChI=1S/C23H38N2O8S/c26-19(24-13-11-23(12-14-24,21(28)29)22(30)31)9-7-5-3-1-2-4-6-8-10-20(27)25-15-17-34(32,33)18-16-25/h1-18H2,(H,28,29)(H,30,31). The minimum absolute atomic E-state index is 0.0413. The number of unbranched alkanes of at least 4 members (excludes halogenated alkanes) is 7. The molecular weight excluding hydrogens is 464 g/mol. The molecule has 0 unspecified atom stereocenters. The molecule has 2 aliphatic rings. The van der Waals surface area contributed by atoms with Gasteiger partial charge < -0.3 is 20.0 Å². The fourth-order valence-electron chi connectivity index (χ4n) is 4.55. The van der Waals surface area contributed by atoms with Crippen LogP contribution in [0.2, 0.25) is 0 Å². The Hall–Kier alpha value is -2.17. The number of carboxylic acids is 2. The van der Waals surface area contributed by atoms with Crippen LogP contribution in [-0.4, -0.2) is 89.9 Å². The van der Waals surface area contributed by atoms with Gasteiger partial charge in [-0.2, -0.15) is 0 Å². The third kappa shape index (κ3) is 8.25. The van der Waals surface area contributed by atoms with Gasteiger partial charge in [-0.1, -0.05) is 38.5 Å². The Labute approximate surface area is 201 Å². The Bertz CT molecular complexity index is 804. The molecule has 2 saturated heterocycles. The molecular formula is C23H38N2O8S. The van der Waals surface area contributed by atoms with E-state index >= 15 is 0 Å². The van der Waals surface area contributed by atoms with Gasteiger partial charge in [-0.05, 0) is 25.7 Å². The maximum absolute atomic E-state index is 12.3. The van der Waals surface area contributed by atoms with E-state index in [1.807, 2.05) is 0 Å². The van der Waals surface area contributed by atoms with Crippen molar-refractivity contribution >= 4 is 33.6 Å². The summed E-state index contributed by atoms with van der Waals surface area (Å²) in [6.07, 6.45) is 8.44. The van der Waals surface area contributed by atoms with Gasteiger partial charge in [0.2, 0.25) is 11.8 Å². The maximum Gasteiger partial charge on any atom is 0.321 e. The molecule has 11 heteroatoms. The summed E-state index contributed by atoms with van der Waals surface area (Å²) in [7, 11) is -2.97. The number of hydrogen-bond donors (Lipinski definition) is 2. The molecule has 0 atom stereocenters. The zero-order valence-electron chi connectivity index (χ0n) is 19.9. The van der Waals surface area contributed by atoms with Crippen LogP contribution in [0.4, 0.5) is 0 Å². The van der Waals surface area contributed by atoms with Crippen LogP contribution in [0.5, 0.6) is 0 Å². The highest BCUT2D eigenvalue weighted by molar-refractivity contribution is 7.91. The van der Waals surface area contributed by atoms with Crippen molar-refractivity contribution in [2.45, 2.75) is 77.0 Å². The Balaban J connectivity index is 1.46. The van der Waals surface area contributed by atoms with Crippen LogP contribution in [0, 0.1) is 5.41 Å². The number of likely N-dealkylation sites (tertiary alicyclic amines) is 1. The van der Waals surface area contributed by atoms with Gasteiger partial charge in [0.15, 0.2) is 15.3 Å². The van der Waals surface area contributed by atoms with Crippen molar-refractivity contribution in [1.82, 2.24) is 9.80 Å². The minimum Gasteiger partial charge on any atom is -0.480 e. The molecule has 0 radical (unpaired) electrons. The summed E-state index contributed by atoms with van der Waals surface area (Å²) < 4.78 is 22.8. The Morgan fingerprint density at radius 2 is 0.971 bits per heavy atom. The third-order valence-corrected chi connectivity index (χ3v) is 8.63. The van der Waals surface area contributed by atoms with E-state index in [-0.39, 0.29) is 49.3 Å². The number of carbonyl (C=O) groups is 4. The quantitative estimate of drug-likeness (QED) is 0.286. The molecule has 0 aromatic rings. The van der Waals surface area contributed by atoms with Gasteiger partial charge in [-0.15, -0.1) is 0 Å². The highest BCUT2D eigenvalue weighted by Gasteiger charge is 2.49. The molecule has 10 nitrogen and oxygen atoms in total. The molecule has 0 aliphatic carbocycles. The van der Waals surface area contributed by atoms with Crippen LogP contribution in [0.3, 0.4) is 0 Å². The molecule has 0 bridgehead atoms. The van der Waals surface area contributed by atoms with Crippen molar-refractivity contribution in [2.24, 2.45) is 5.41 Å². The summed E-state index contributed by atoms with van der Waals surface area (Å²) in [6, 6.07) is 0. The van der Waals surface area contributed by atoms with Gasteiger partial charge in [0, 0.05) is 39.0 Å². The molecule has 2 aliphatic heterocycles. The summed E-state index contributed by atoms with van der Waals surface area (Å²) in [5, 5.41) is 18.5. The summed E-state index contributed by atoms with van der Waals surface area (Å²) >= 11 is 0. The fraction of sp³-hybridized carbons (Fsp3) is 0.826. The van der Waals surface area contributed by atoms with Crippen LogP contribution < -0.4 is 0 Å². The van der Waals surface area contributed by atoms with E-state index in [1.54, 1.807) is 9.80 Å². The normalized spacial score (nSPS) is 19.5. The van der Waals surface area contributed by atoms with Crippen LogP contribution in [0.1, 0.15) is 77.0 Å². The SMILES string of the molecule is O=C(CCCCCCCCCCC(=O)N1CCS(=O)(=O)CC1)N1CCC(C(=O)O)(C(=O)O)CC1. The first-order valence-electron chi connectivity index (χ1n) is 12.3. The zero-order chi connectivity index (χ0) is 25.2. The van der Waals surface area contributed by atoms with Crippen LogP contribution in [0.15, 0.2) is 0 Å². The van der Waals surface area contributed by atoms with Crippen molar-refractivity contribution in [3.05, 3.63) is 0 Å². The molecule has 2 N–H and O–H groups in total. The van der Waals surface area contributed by atoms with Gasteiger partial charge >= 0.3 is 11.9 Å². The van der Waals surface area contributed by atoms with Crippen LogP contribution in [-0.2, 0) is 29.0 Å². The van der Waals surface area contributed by atoms with Gasteiger partial charge in [-0.3, -0.25) is 19.2 Å². The molecule has 0 aromatic carbocycles. The third-order valence-electron chi connectivity index (χ3n) is 7.02. The second-order valence-corrected chi connectivity index (χ2v) is 11.7. The second kappa shape index (κ2) is 13.1. The lowest BCUT2D eigenvalue weighted by Gasteiger charge is -2.36. The molecule has 2 amide bonds. The molecule has 2 heterocycles. The number of piperidine rings is 1. The van der Waals surface area contributed by atoms with E-state index in [0.29, 0.717) is 25.9 Å². The van der Waals surface area contributed by atoms with E-state index in [2.05, 4.69) is 0 Å². The first-order valence-corrected chi connectivity index (χ1v) is 14.1. The minimum atomic E-state index is -2.97. The number of nitrogens with zero attached hydrogens (tertiary/aromatic N) is 2. The highest BCUT2D eigenvalue weighted by Crippen LogP contribution is 2.32. The van der Waals surface area contributed by atoms with Crippen molar-refractivity contribution in [1.29, 1.82) is 0 Å². The first kappa shape index (κ1) is 28.1. The van der Waals surface area contributed by atoms with Gasteiger partial charge in [0.1, 0.15) is 0 Å². The average molecular weight is 503 g/mol. The van der Waals surface area contributed by atoms with Crippen molar-refractivity contribution in [2.75, 3.05) is 37.7 Å². The monoisotopic (exact) mass is 502 g/mol. The first-order chi connectivity index (χ1) is 16.1. The van der Waals surface area contributed by atoms with E-state index in [4.69, 9.17) is 0 Å². The lowest BCUT2D eigenvalue weighted by atomic mass is 9.78. The summed E-state index contributed by atoms with van der Waals surface area (Å²) in [6.45, 7) is 0.952. The molecule has 194 valence electrons. The largest absolute Gasteiger partial charge is 0.480 e. The lowest BCUT2D eigenvalue weighted by molar-refractivity contribution is -0.169. The number of aliphatic carboxylic acids is 2. The van der Waals surface area contributed by atoms with E-state index < -0.39 is 27.2 Å². The predicted molar refractivity (Wildman–Crippen MR) is 125 cm³/mol. The molecule has 34 heavy (non-hydrogen) atoms.